The molecule has 1 fully saturated rings. The van der Waals surface area contributed by atoms with E-state index in [1.807, 2.05) is 5.38 Å². The van der Waals surface area contributed by atoms with Crippen molar-refractivity contribution in [1.29, 1.82) is 5.26 Å². The van der Waals surface area contributed by atoms with Crippen molar-refractivity contribution in [2.24, 2.45) is 0 Å². The van der Waals surface area contributed by atoms with Gasteiger partial charge in [0, 0.05) is 41.9 Å². The zero-order chi connectivity index (χ0) is 13.5. The van der Waals surface area contributed by atoms with Gasteiger partial charge in [0.15, 0.2) is 6.10 Å². The van der Waals surface area contributed by atoms with Crippen LogP contribution in [0.1, 0.15) is 16.9 Å². The summed E-state index contributed by atoms with van der Waals surface area (Å²) >= 11 is 1.68. The maximum Gasteiger partial charge on any atom is 0.156 e. The van der Waals surface area contributed by atoms with E-state index in [0.29, 0.717) is 19.6 Å². The molecule has 0 radical (unpaired) electrons. The number of aliphatic hydroxyl groups is 1. The van der Waals surface area contributed by atoms with Gasteiger partial charge in [-0.3, -0.25) is 4.90 Å². The summed E-state index contributed by atoms with van der Waals surface area (Å²) in [5.74, 6) is 5.94. The van der Waals surface area contributed by atoms with Crippen molar-refractivity contribution < 1.29 is 9.84 Å². The summed E-state index contributed by atoms with van der Waals surface area (Å²) in [6.07, 6.45) is 0.205. The van der Waals surface area contributed by atoms with E-state index < -0.39 is 0 Å². The Morgan fingerprint density at radius 3 is 3.26 bits per heavy atom. The minimum atomic E-state index is -0.308. The first-order chi connectivity index (χ1) is 9.31. The molecule has 1 aromatic heterocycles. The van der Waals surface area contributed by atoms with Crippen LogP contribution in [0.5, 0.6) is 0 Å². The van der Waals surface area contributed by atoms with Crippen LogP contribution in [0.4, 0.5) is 0 Å². The van der Waals surface area contributed by atoms with Crippen LogP contribution in [0.25, 0.3) is 0 Å². The first-order valence-corrected chi connectivity index (χ1v) is 7.10. The quantitative estimate of drug-likeness (QED) is 0.843. The predicted molar refractivity (Wildman–Crippen MR) is 73.5 cm³/mol. The monoisotopic (exact) mass is 276 g/mol. The average Bonchev–Trinajstić information content (AvgIpc) is 2.87. The second kappa shape index (κ2) is 7.28. The summed E-state index contributed by atoms with van der Waals surface area (Å²) in [5, 5.41) is 19.6. The van der Waals surface area contributed by atoms with E-state index >= 15 is 0 Å². The number of morpholine rings is 1. The van der Waals surface area contributed by atoms with Gasteiger partial charge < -0.3 is 9.84 Å². The highest BCUT2D eigenvalue weighted by Gasteiger charge is 2.20. The molecule has 1 aromatic rings. The molecule has 1 aliphatic rings. The van der Waals surface area contributed by atoms with E-state index in [4.69, 9.17) is 15.1 Å². The lowest BCUT2D eigenvalue weighted by molar-refractivity contribution is -0.00232. The number of hydrogen-bond donors (Lipinski definition) is 1. The average molecular weight is 276 g/mol. The van der Waals surface area contributed by atoms with Gasteiger partial charge in [-0.2, -0.15) is 5.26 Å². The third kappa shape index (κ3) is 4.34. The number of nitrogens with zero attached hydrogens (tertiary/aromatic N) is 2. The molecule has 19 heavy (non-hydrogen) atoms. The van der Waals surface area contributed by atoms with E-state index in [0.717, 1.165) is 18.7 Å². The Labute approximate surface area is 117 Å². The molecule has 2 rings (SSSR count). The van der Waals surface area contributed by atoms with Crippen molar-refractivity contribution in [3.05, 3.63) is 21.9 Å². The van der Waals surface area contributed by atoms with Crippen molar-refractivity contribution >= 4 is 11.3 Å². The topological polar surface area (TPSA) is 56.5 Å². The Kier molecular flexibility index (Phi) is 5.38. The summed E-state index contributed by atoms with van der Waals surface area (Å²) < 4.78 is 5.32. The molecular formula is C14H16N2O2S. The lowest BCUT2D eigenvalue weighted by Gasteiger charge is -2.29. The summed E-state index contributed by atoms with van der Waals surface area (Å²) in [5.41, 5.74) is 0.999. The van der Waals surface area contributed by atoms with Crippen LogP contribution in [0.3, 0.4) is 0 Å². The van der Waals surface area contributed by atoms with Crippen LogP contribution in [0, 0.1) is 23.2 Å². The number of nitriles is 1. The highest BCUT2D eigenvalue weighted by Crippen LogP contribution is 2.17. The molecule has 1 N–H and O–H groups in total. The molecular weight excluding hydrogens is 260 g/mol. The van der Waals surface area contributed by atoms with Gasteiger partial charge in [0.2, 0.25) is 0 Å². The summed E-state index contributed by atoms with van der Waals surface area (Å²) in [6.45, 7) is 3.09. The summed E-state index contributed by atoms with van der Waals surface area (Å²) in [7, 11) is 0. The Balaban J connectivity index is 1.90. The fourth-order valence-corrected chi connectivity index (χ4v) is 2.75. The Hall–Kier alpha value is -1.37. The van der Waals surface area contributed by atoms with E-state index in [-0.39, 0.29) is 12.7 Å². The molecule has 0 bridgehead atoms. The van der Waals surface area contributed by atoms with Crippen molar-refractivity contribution in [2.45, 2.75) is 19.1 Å². The van der Waals surface area contributed by atoms with E-state index in [1.54, 1.807) is 11.3 Å². The molecule has 4 nitrogen and oxygen atoms in total. The molecule has 0 amide bonds. The van der Waals surface area contributed by atoms with E-state index in [2.05, 4.69) is 28.9 Å². The molecule has 1 atom stereocenters. The van der Waals surface area contributed by atoms with Crippen molar-refractivity contribution in [1.82, 2.24) is 4.90 Å². The highest BCUT2D eigenvalue weighted by atomic mass is 32.1. The standard InChI is InChI=1S/C14H16N2O2S/c15-8-13-9-16(4-6-18-13)10-14-7-12(11-19-14)3-1-2-5-17/h7,11,13,17H,2,4-6,9-10H2. The van der Waals surface area contributed by atoms with Crippen molar-refractivity contribution in [2.75, 3.05) is 26.3 Å². The van der Waals surface area contributed by atoms with Crippen molar-refractivity contribution in [3.8, 4) is 17.9 Å². The zero-order valence-corrected chi connectivity index (χ0v) is 11.4. The van der Waals surface area contributed by atoms with Gasteiger partial charge in [0.1, 0.15) is 0 Å². The highest BCUT2D eigenvalue weighted by molar-refractivity contribution is 7.10. The SMILES string of the molecule is N#CC1CN(Cc2cc(C#CCCO)cs2)CCO1. The van der Waals surface area contributed by atoms with Gasteiger partial charge >= 0.3 is 0 Å². The van der Waals surface area contributed by atoms with Crippen LogP contribution < -0.4 is 0 Å². The van der Waals surface area contributed by atoms with Crippen LogP contribution >= 0.6 is 11.3 Å². The molecule has 1 saturated heterocycles. The van der Waals surface area contributed by atoms with Crippen LogP contribution in [-0.4, -0.2) is 42.4 Å². The first-order valence-electron chi connectivity index (χ1n) is 6.22. The minimum absolute atomic E-state index is 0.104. The lowest BCUT2D eigenvalue weighted by atomic mass is 10.2. The van der Waals surface area contributed by atoms with Crippen LogP contribution in [0.2, 0.25) is 0 Å². The Bertz CT molecular complexity index is 509. The molecule has 5 heteroatoms. The van der Waals surface area contributed by atoms with Gasteiger partial charge in [-0.25, -0.2) is 0 Å². The molecule has 2 heterocycles. The second-order valence-electron chi connectivity index (χ2n) is 4.30. The van der Waals surface area contributed by atoms with Gasteiger partial charge in [-0.15, -0.1) is 11.3 Å². The number of rotatable bonds is 3. The third-order valence-corrected chi connectivity index (χ3v) is 3.72. The fourth-order valence-electron chi connectivity index (χ4n) is 1.89. The minimum Gasteiger partial charge on any atom is -0.395 e. The Morgan fingerprint density at radius 2 is 2.47 bits per heavy atom. The molecule has 0 aliphatic carbocycles. The normalized spacial score (nSPS) is 19.5. The molecule has 0 aromatic carbocycles. The lowest BCUT2D eigenvalue weighted by Crippen LogP contribution is -2.41. The van der Waals surface area contributed by atoms with E-state index in [9.17, 15) is 0 Å². The van der Waals surface area contributed by atoms with Gasteiger partial charge in [-0.1, -0.05) is 11.8 Å². The van der Waals surface area contributed by atoms with Gasteiger partial charge in [-0.05, 0) is 6.07 Å². The predicted octanol–water partition coefficient (Wildman–Crippen LogP) is 1.21. The summed E-state index contributed by atoms with van der Waals surface area (Å²) in [6, 6.07) is 4.23. The molecule has 0 saturated carbocycles. The maximum atomic E-state index is 8.86. The summed E-state index contributed by atoms with van der Waals surface area (Å²) in [4.78, 5) is 3.47. The maximum absolute atomic E-state index is 8.86. The Morgan fingerprint density at radius 1 is 1.58 bits per heavy atom. The smallest absolute Gasteiger partial charge is 0.156 e. The van der Waals surface area contributed by atoms with Crippen molar-refractivity contribution in [3.63, 3.8) is 0 Å². The van der Waals surface area contributed by atoms with Crippen LogP contribution in [0.15, 0.2) is 11.4 Å². The van der Waals surface area contributed by atoms with Crippen LogP contribution in [-0.2, 0) is 11.3 Å². The first kappa shape index (κ1) is 14.0. The number of aliphatic hydroxyl groups excluding tert-OH is 1. The molecule has 1 unspecified atom stereocenters. The second-order valence-corrected chi connectivity index (χ2v) is 5.30. The number of ether oxygens (including phenoxy) is 1. The number of hydrogen-bond acceptors (Lipinski definition) is 5. The number of thiophene rings is 1. The molecule has 0 spiro atoms. The zero-order valence-electron chi connectivity index (χ0n) is 10.6. The molecule has 1 aliphatic heterocycles. The largest absolute Gasteiger partial charge is 0.395 e. The molecule has 100 valence electrons. The van der Waals surface area contributed by atoms with E-state index in [1.165, 1.54) is 4.88 Å². The third-order valence-electron chi connectivity index (χ3n) is 2.80. The van der Waals surface area contributed by atoms with Gasteiger partial charge in [0.05, 0.1) is 19.3 Å². The fraction of sp³-hybridized carbons (Fsp3) is 0.500. The van der Waals surface area contributed by atoms with Gasteiger partial charge in [0.25, 0.3) is 0 Å².